The molecule has 0 radical (unpaired) electrons. The first-order chi connectivity index (χ1) is 18.7. The topological polar surface area (TPSA) is 44.9 Å². The molecule has 0 aliphatic rings. The molecule has 3 aromatic heterocycles. The number of hydrogen-bond donors (Lipinski definition) is 0. The Balaban J connectivity index is 0.00000277. The normalized spacial score (nSPS) is 11.0. The van der Waals surface area contributed by atoms with E-state index < -0.39 is 0 Å². The van der Waals surface area contributed by atoms with E-state index in [0.717, 1.165) is 38.6 Å². The molecule has 188 valence electrons. The predicted octanol–water partition coefficient (Wildman–Crippen LogP) is 7.56. The second-order valence-corrected chi connectivity index (χ2v) is 8.81. The summed E-state index contributed by atoms with van der Waals surface area (Å²) in [4.78, 5) is 4.41. The third-order valence-corrected chi connectivity index (χ3v) is 6.40. The van der Waals surface area contributed by atoms with Crippen LogP contribution < -0.4 is 4.74 Å². The van der Waals surface area contributed by atoms with E-state index in [2.05, 4.69) is 34.3 Å². The number of ether oxygens (including phenoxy) is 1. The Hall–Kier alpha value is -4.54. The largest absolute Gasteiger partial charge is 4.00 e. The van der Waals surface area contributed by atoms with Gasteiger partial charge >= 0.3 is 21.1 Å². The van der Waals surface area contributed by atoms with Gasteiger partial charge in [0.2, 0.25) is 0 Å². The van der Waals surface area contributed by atoms with Gasteiger partial charge in [0, 0.05) is 41.0 Å². The van der Waals surface area contributed by atoms with Crippen molar-refractivity contribution < 1.29 is 30.2 Å². The Labute approximate surface area is 238 Å². The summed E-state index contributed by atoms with van der Waals surface area (Å²) >= 11 is 0. The summed E-state index contributed by atoms with van der Waals surface area (Å²) in [6, 6.07) is 37.0. The standard InChI is InChI=1S/C32H19FN4O.Pt/c33-24-15-16-34-32(17-24)37-30-12-5-4-11-28(30)29-14-13-27(19-31(29)37)38-26-10-6-9-25(18-26)36-21-23(20-35-36)22-7-2-1-3-8-22;/h1-17,20-21H;/q-2;+4. The van der Waals surface area contributed by atoms with Crippen molar-refractivity contribution in [3.8, 4) is 34.1 Å². The van der Waals surface area contributed by atoms with Gasteiger partial charge in [-0.1, -0.05) is 54.0 Å². The van der Waals surface area contributed by atoms with Crippen molar-refractivity contribution >= 4 is 21.8 Å². The summed E-state index contributed by atoms with van der Waals surface area (Å²) in [6.45, 7) is 0. The molecule has 0 aliphatic heterocycles. The average molecular weight is 690 g/mol. The molecule has 0 atom stereocenters. The van der Waals surface area contributed by atoms with E-state index in [1.165, 1.54) is 18.3 Å². The van der Waals surface area contributed by atoms with E-state index in [1.54, 1.807) is 4.68 Å². The molecule has 7 heteroatoms. The van der Waals surface area contributed by atoms with Gasteiger partial charge in [0.1, 0.15) is 11.6 Å². The quantitative estimate of drug-likeness (QED) is 0.175. The zero-order valence-corrected chi connectivity index (χ0v) is 22.6. The predicted molar refractivity (Wildman–Crippen MR) is 145 cm³/mol. The van der Waals surface area contributed by atoms with Gasteiger partial charge in [-0.2, -0.15) is 17.2 Å². The smallest absolute Gasteiger partial charge is 0.509 e. The van der Waals surface area contributed by atoms with Gasteiger partial charge in [-0.05, 0) is 28.8 Å². The van der Waals surface area contributed by atoms with Crippen molar-refractivity contribution in [2.45, 2.75) is 0 Å². The van der Waals surface area contributed by atoms with Gasteiger partial charge in [0.05, 0.1) is 6.20 Å². The maximum atomic E-state index is 14.1. The molecule has 5 nitrogen and oxygen atoms in total. The van der Waals surface area contributed by atoms with E-state index in [4.69, 9.17) is 4.74 Å². The number of nitrogens with zero attached hydrogens (tertiary/aromatic N) is 4. The van der Waals surface area contributed by atoms with Crippen LogP contribution in [0.3, 0.4) is 0 Å². The van der Waals surface area contributed by atoms with Gasteiger partial charge in [-0.15, -0.1) is 35.7 Å². The maximum Gasteiger partial charge on any atom is 4.00 e. The fraction of sp³-hybridized carbons (Fsp3) is 0. The van der Waals surface area contributed by atoms with Crippen LogP contribution in [0.4, 0.5) is 4.39 Å². The van der Waals surface area contributed by atoms with Crippen molar-refractivity contribution in [2.75, 3.05) is 0 Å². The summed E-state index contributed by atoms with van der Waals surface area (Å²) in [5, 5.41) is 6.51. The first-order valence-electron chi connectivity index (χ1n) is 12.1. The molecule has 3 heterocycles. The summed E-state index contributed by atoms with van der Waals surface area (Å²) in [5.74, 6) is 1.16. The van der Waals surface area contributed by atoms with E-state index >= 15 is 0 Å². The molecule has 0 bridgehead atoms. The molecule has 0 amide bonds. The zero-order chi connectivity index (χ0) is 25.5. The fourth-order valence-corrected chi connectivity index (χ4v) is 4.67. The zero-order valence-electron chi connectivity index (χ0n) is 20.4. The molecule has 7 rings (SSSR count). The number of aromatic nitrogens is 4. The van der Waals surface area contributed by atoms with E-state index in [-0.39, 0.29) is 26.9 Å². The number of fused-ring (bicyclic) bond motifs is 3. The Morgan fingerprint density at radius 2 is 1.56 bits per heavy atom. The van der Waals surface area contributed by atoms with Gasteiger partial charge in [-0.3, -0.25) is 4.68 Å². The summed E-state index contributed by atoms with van der Waals surface area (Å²) < 4.78 is 24.0. The SMILES string of the molecule is Fc1ccnc(-n2c3[c-]c(Oc4[c-]c(-n5cc(-c6ccccc6)cn5)ccc4)ccc3c3ccccc32)c1.[Pt+4]. The average Bonchev–Trinajstić information content (AvgIpc) is 3.57. The van der Waals surface area contributed by atoms with Crippen LogP contribution in [0.25, 0.3) is 44.4 Å². The van der Waals surface area contributed by atoms with Crippen LogP contribution in [0.15, 0.2) is 116 Å². The van der Waals surface area contributed by atoms with E-state index in [0.29, 0.717) is 17.3 Å². The molecule has 0 unspecified atom stereocenters. The summed E-state index contributed by atoms with van der Waals surface area (Å²) in [7, 11) is 0. The molecule has 0 spiro atoms. The second-order valence-electron chi connectivity index (χ2n) is 8.81. The maximum absolute atomic E-state index is 14.1. The monoisotopic (exact) mass is 689 g/mol. The molecule has 39 heavy (non-hydrogen) atoms. The Kier molecular flexibility index (Phi) is 6.55. The van der Waals surface area contributed by atoms with Crippen LogP contribution in [0.2, 0.25) is 0 Å². The third kappa shape index (κ3) is 4.64. The molecule has 7 aromatic rings. The van der Waals surface area contributed by atoms with Crippen molar-refractivity contribution in [1.82, 2.24) is 19.3 Å². The molecular formula is C32H19FN4OPt+2. The van der Waals surface area contributed by atoms with Crippen LogP contribution in [0.5, 0.6) is 11.5 Å². The number of halogens is 1. The van der Waals surface area contributed by atoms with Gasteiger partial charge < -0.3 is 9.30 Å². The molecule has 0 N–H and O–H groups in total. The van der Waals surface area contributed by atoms with Crippen LogP contribution in [0.1, 0.15) is 0 Å². The first-order valence-corrected chi connectivity index (χ1v) is 12.1. The number of pyridine rings is 1. The second kappa shape index (κ2) is 10.3. The van der Waals surface area contributed by atoms with Crippen LogP contribution in [-0.2, 0) is 21.1 Å². The Bertz CT molecular complexity index is 1930. The van der Waals surface area contributed by atoms with Gasteiger partial charge in [0.15, 0.2) is 0 Å². The van der Waals surface area contributed by atoms with Crippen LogP contribution >= 0.6 is 0 Å². The third-order valence-electron chi connectivity index (χ3n) is 6.40. The van der Waals surface area contributed by atoms with Crippen molar-refractivity contribution in [2.24, 2.45) is 0 Å². The molecule has 0 fully saturated rings. The van der Waals surface area contributed by atoms with Crippen molar-refractivity contribution in [1.29, 1.82) is 0 Å². The summed E-state index contributed by atoms with van der Waals surface area (Å²) in [6.07, 6.45) is 5.26. The first kappa shape index (κ1) is 24.8. The molecule has 4 aromatic carbocycles. The minimum absolute atomic E-state index is 0. The van der Waals surface area contributed by atoms with E-state index in [9.17, 15) is 4.39 Å². The minimum atomic E-state index is -0.353. The number of benzene rings is 4. The molecule has 0 aliphatic carbocycles. The van der Waals surface area contributed by atoms with Crippen molar-refractivity contribution in [3.05, 3.63) is 134 Å². The summed E-state index contributed by atoms with van der Waals surface area (Å²) in [5.41, 5.74) is 4.52. The fourth-order valence-electron chi connectivity index (χ4n) is 4.67. The molecule has 0 saturated heterocycles. The minimum Gasteiger partial charge on any atom is -0.509 e. The number of rotatable bonds is 5. The van der Waals surface area contributed by atoms with Gasteiger partial charge in [0.25, 0.3) is 0 Å². The van der Waals surface area contributed by atoms with E-state index in [1.807, 2.05) is 89.8 Å². The van der Waals surface area contributed by atoms with Crippen LogP contribution in [-0.4, -0.2) is 19.3 Å². The van der Waals surface area contributed by atoms with Crippen LogP contribution in [0, 0.1) is 17.9 Å². The number of hydrogen-bond acceptors (Lipinski definition) is 3. The Morgan fingerprint density at radius 3 is 2.44 bits per heavy atom. The molecule has 0 saturated carbocycles. The van der Waals surface area contributed by atoms with Crippen molar-refractivity contribution in [3.63, 3.8) is 0 Å². The van der Waals surface area contributed by atoms with Gasteiger partial charge in [-0.25, -0.2) is 9.37 Å². The molecular weight excluding hydrogens is 670 g/mol. The Morgan fingerprint density at radius 1 is 0.744 bits per heavy atom. The number of para-hydroxylation sites is 1.